The Balaban J connectivity index is 1.67. The van der Waals surface area contributed by atoms with Crippen molar-refractivity contribution in [2.24, 2.45) is 0 Å². The van der Waals surface area contributed by atoms with Gasteiger partial charge < -0.3 is 14.7 Å². The lowest BCUT2D eigenvalue weighted by Gasteiger charge is -2.31. The van der Waals surface area contributed by atoms with E-state index >= 15 is 0 Å². The van der Waals surface area contributed by atoms with Crippen LogP contribution in [0.3, 0.4) is 0 Å². The highest BCUT2D eigenvalue weighted by atomic mass is 32.2. The number of carbonyl (C=O) groups excluding carboxylic acids is 1. The summed E-state index contributed by atoms with van der Waals surface area (Å²) in [5.74, 6) is 1.18. The molecule has 22 heavy (non-hydrogen) atoms. The van der Waals surface area contributed by atoms with Crippen LogP contribution in [0.5, 0.6) is 0 Å². The fourth-order valence-electron chi connectivity index (χ4n) is 2.50. The number of carbonyl (C=O) groups is 2. The Labute approximate surface area is 137 Å². The van der Waals surface area contributed by atoms with Gasteiger partial charge in [-0.15, -0.1) is 23.5 Å². The second kappa shape index (κ2) is 6.93. The number of carboxylic acid groups (broad SMARTS) is 1. The summed E-state index contributed by atoms with van der Waals surface area (Å²) in [7, 11) is 0. The Morgan fingerprint density at radius 1 is 1.18 bits per heavy atom. The van der Waals surface area contributed by atoms with Crippen molar-refractivity contribution in [2.75, 3.05) is 31.2 Å². The normalized spacial score (nSPS) is 22.7. The van der Waals surface area contributed by atoms with Crippen LogP contribution in [-0.4, -0.2) is 59.2 Å². The maximum atomic E-state index is 12.5. The number of thioether (sulfide) groups is 2. The van der Waals surface area contributed by atoms with E-state index in [9.17, 15) is 9.59 Å². The minimum Gasteiger partial charge on any atom is -0.479 e. The zero-order valence-corrected chi connectivity index (χ0v) is 13.6. The van der Waals surface area contributed by atoms with E-state index in [2.05, 4.69) is 0 Å². The molecule has 0 aromatic heterocycles. The third kappa shape index (κ3) is 3.42. The molecule has 2 saturated heterocycles. The molecule has 2 aliphatic heterocycles. The molecule has 0 aliphatic carbocycles. The van der Waals surface area contributed by atoms with E-state index in [-0.39, 0.29) is 19.1 Å². The molecule has 118 valence electrons. The zero-order valence-electron chi connectivity index (χ0n) is 11.9. The van der Waals surface area contributed by atoms with Crippen LogP contribution >= 0.6 is 23.5 Å². The number of rotatable bonds is 3. The summed E-state index contributed by atoms with van der Waals surface area (Å²) in [5, 5.41) is 9.00. The van der Waals surface area contributed by atoms with Crippen LogP contribution in [0.15, 0.2) is 24.3 Å². The van der Waals surface area contributed by atoms with Crippen LogP contribution in [0.4, 0.5) is 0 Å². The molecule has 3 rings (SSSR count). The molecule has 2 fully saturated rings. The molecule has 5 nitrogen and oxygen atoms in total. The first-order valence-corrected chi connectivity index (χ1v) is 9.22. The molecule has 0 saturated carbocycles. The number of benzene rings is 1. The van der Waals surface area contributed by atoms with E-state index in [1.54, 1.807) is 4.90 Å². The smallest absolute Gasteiger partial charge is 0.334 e. The summed E-state index contributed by atoms with van der Waals surface area (Å²) >= 11 is 3.85. The number of ether oxygens (including phenoxy) is 1. The van der Waals surface area contributed by atoms with Crippen molar-refractivity contribution < 1.29 is 19.4 Å². The molecule has 1 amide bonds. The van der Waals surface area contributed by atoms with Crippen molar-refractivity contribution in [1.29, 1.82) is 0 Å². The van der Waals surface area contributed by atoms with E-state index in [0.717, 1.165) is 0 Å². The molecule has 1 unspecified atom stereocenters. The predicted octanol–water partition coefficient (Wildman–Crippen LogP) is 2.09. The van der Waals surface area contributed by atoms with Gasteiger partial charge in [0.15, 0.2) is 6.10 Å². The molecular formula is C15H17NO4S2. The molecule has 1 N–H and O–H groups in total. The standard InChI is InChI=1S/C15H17NO4S2/c17-13(16-5-6-20-12(9-16)14(18)19)10-1-3-11(4-2-10)15-21-7-8-22-15/h1-4,12,15H,5-9H2,(H,18,19). The third-order valence-corrected chi connectivity index (χ3v) is 6.79. The average molecular weight is 339 g/mol. The van der Waals surface area contributed by atoms with E-state index in [0.29, 0.717) is 16.7 Å². The largest absolute Gasteiger partial charge is 0.479 e. The molecule has 7 heteroatoms. The Kier molecular flexibility index (Phi) is 4.95. The lowest BCUT2D eigenvalue weighted by Crippen LogP contribution is -2.48. The Bertz CT molecular complexity index is 557. The van der Waals surface area contributed by atoms with E-state index < -0.39 is 12.1 Å². The van der Waals surface area contributed by atoms with Gasteiger partial charge in [0, 0.05) is 23.6 Å². The minimum absolute atomic E-state index is 0.101. The van der Waals surface area contributed by atoms with Gasteiger partial charge in [-0.05, 0) is 17.7 Å². The Hall–Kier alpha value is -1.18. The van der Waals surface area contributed by atoms with Crippen LogP contribution < -0.4 is 0 Å². The van der Waals surface area contributed by atoms with Gasteiger partial charge in [-0.25, -0.2) is 4.79 Å². The number of nitrogens with zero attached hydrogens (tertiary/aromatic N) is 1. The highest BCUT2D eigenvalue weighted by molar-refractivity contribution is 8.19. The predicted molar refractivity (Wildman–Crippen MR) is 87.4 cm³/mol. The quantitative estimate of drug-likeness (QED) is 0.910. The molecule has 1 aromatic carbocycles. The lowest BCUT2D eigenvalue weighted by molar-refractivity contribution is -0.154. The Morgan fingerprint density at radius 3 is 2.50 bits per heavy atom. The van der Waals surface area contributed by atoms with Crippen LogP contribution in [0.25, 0.3) is 0 Å². The molecule has 0 radical (unpaired) electrons. The summed E-state index contributed by atoms with van der Waals surface area (Å²) in [6.07, 6.45) is -0.928. The SMILES string of the molecule is O=C(O)C1CN(C(=O)c2ccc(C3SCCS3)cc2)CCO1. The minimum atomic E-state index is -1.02. The fourth-order valence-corrected chi connectivity index (χ4v) is 5.36. The summed E-state index contributed by atoms with van der Waals surface area (Å²) in [4.78, 5) is 25.0. The van der Waals surface area contributed by atoms with Gasteiger partial charge in [0.1, 0.15) is 0 Å². The summed E-state index contributed by atoms with van der Waals surface area (Å²) in [6, 6.07) is 7.67. The van der Waals surface area contributed by atoms with Gasteiger partial charge in [0.2, 0.25) is 0 Å². The third-order valence-electron chi connectivity index (χ3n) is 3.68. The summed E-state index contributed by atoms with van der Waals surface area (Å²) < 4.78 is 5.61. The molecular weight excluding hydrogens is 322 g/mol. The second-order valence-corrected chi connectivity index (χ2v) is 7.87. The number of carboxylic acids is 1. The second-order valence-electron chi connectivity index (χ2n) is 5.14. The van der Waals surface area contributed by atoms with E-state index in [1.807, 2.05) is 47.8 Å². The van der Waals surface area contributed by atoms with Crippen LogP contribution in [0, 0.1) is 0 Å². The fraction of sp³-hybridized carbons (Fsp3) is 0.467. The monoisotopic (exact) mass is 339 g/mol. The summed E-state index contributed by atoms with van der Waals surface area (Å²) in [5.41, 5.74) is 1.83. The maximum absolute atomic E-state index is 12.5. The molecule has 2 heterocycles. The van der Waals surface area contributed by atoms with Crippen LogP contribution in [0.2, 0.25) is 0 Å². The van der Waals surface area contributed by atoms with Gasteiger partial charge in [0.25, 0.3) is 5.91 Å². The first-order valence-electron chi connectivity index (χ1n) is 7.12. The molecule has 0 bridgehead atoms. The van der Waals surface area contributed by atoms with Crippen LogP contribution in [0.1, 0.15) is 20.5 Å². The number of amides is 1. The van der Waals surface area contributed by atoms with Gasteiger partial charge >= 0.3 is 5.97 Å². The van der Waals surface area contributed by atoms with Crippen molar-refractivity contribution in [3.8, 4) is 0 Å². The van der Waals surface area contributed by atoms with Crippen molar-refractivity contribution in [1.82, 2.24) is 4.90 Å². The number of aliphatic carboxylic acids is 1. The highest BCUT2D eigenvalue weighted by Gasteiger charge is 2.29. The first kappa shape index (κ1) is 15.7. The number of morpholine rings is 1. The molecule has 0 spiro atoms. The lowest BCUT2D eigenvalue weighted by atomic mass is 10.1. The van der Waals surface area contributed by atoms with E-state index in [1.165, 1.54) is 17.1 Å². The highest BCUT2D eigenvalue weighted by Crippen LogP contribution is 2.45. The van der Waals surface area contributed by atoms with Crippen LogP contribution in [-0.2, 0) is 9.53 Å². The average Bonchev–Trinajstić information content (AvgIpc) is 3.09. The zero-order chi connectivity index (χ0) is 15.5. The first-order chi connectivity index (χ1) is 10.6. The summed E-state index contributed by atoms with van der Waals surface area (Å²) in [6.45, 7) is 0.791. The van der Waals surface area contributed by atoms with Gasteiger partial charge in [-0.3, -0.25) is 4.79 Å². The Morgan fingerprint density at radius 2 is 1.86 bits per heavy atom. The van der Waals surface area contributed by atoms with Crippen molar-refractivity contribution in [3.05, 3.63) is 35.4 Å². The molecule has 1 aromatic rings. The van der Waals surface area contributed by atoms with Gasteiger partial charge in [0.05, 0.1) is 17.7 Å². The molecule has 2 aliphatic rings. The van der Waals surface area contributed by atoms with Gasteiger partial charge in [-0.2, -0.15) is 0 Å². The van der Waals surface area contributed by atoms with Crippen molar-refractivity contribution in [3.63, 3.8) is 0 Å². The van der Waals surface area contributed by atoms with Gasteiger partial charge in [-0.1, -0.05) is 12.1 Å². The van der Waals surface area contributed by atoms with Crippen molar-refractivity contribution in [2.45, 2.75) is 10.7 Å². The number of hydrogen-bond acceptors (Lipinski definition) is 5. The number of hydrogen-bond donors (Lipinski definition) is 1. The topological polar surface area (TPSA) is 66.8 Å². The maximum Gasteiger partial charge on any atom is 0.334 e. The molecule has 1 atom stereocenters. The van der Waals surface area contributed by atoms with E-state index in [4.69, 9.17) is 9.84 Å². The van der Waals surface area contributed by atoms with Crippen molar-refractivity contribution >= 4 is 35.4 Å².